The Morgan fingerprint density at radius 1 is 1.11 bits per heavy atom. The zero-order valence-electron chi connectivity index (χ0n) is 21.1. The van der Waals surface area contributed by atoms with E-state index in [-0.39, 0.29) is 12.1 Å². The molecule has 2 aliphatic carbocycles. The van der Waals surface area contributed by atoms with Crippen molar-refractivity contribution in [2.75, 3.05) is 33.3 Å². The number of carbonyl (C=O) groups is 1. The largest absolute Gasteiger partial charge is 0.496 e. The Bertz CT molecular complexity index is 1060. The van der Waals surface area contributed by atoms with Crippen LogP contribution in [0, 0.1) is 5.41 Å². The van der Waals surface area contributed by atoms with E-state index >= 15 is 0 Å². The Morgan fingerprint density at radius 3 is 2.57 bits per heavy atom. The number of hydrogen-bond donors (Lipinski definition) is 1. The van der Waals surface area contributed by atoms with Gasteiger partial charge in [-0.2, -0.15) is 0 Å². The maximum absolute atomic E-state index is 13.1. The van der Waals surface area contributed by atoms with E-state index in [4.69, 9.17) is 9.47 Å². The summed E-state index contributed by atoms with van der Waals surface area (Å²) in [6.45, 7) is 6.08. The van der Waals surface area contributed by atoms with Crippen molar-refractivity contribution in [1.82, 2.24) is 19.8 Å². The number of nitrogens with zero attached hydrogens (tertiary/aromatic N) is 3. The first-order valence-corrected chi connectivity index (χ1v) is 13.4. The molecule has 1 spiro atoms. The third-order valence-corrected chi connectivity index (χ3v) is 8.65. The number of piperidine rings is 1. The predicted octanol–water partition coefficient (Wildman–Crippen LogP) is 4.84. The lowest BCUT2D eigenvalue weighted by atomic mass is 9.57. The second-order valence-electron chi connectivity index (χ2n) is 11.2. The monoisotopic (exact) mass is 478 g/mol. The highest BCUT2D eigenvalue weighted by Gasteiger charge is 2.55. The zero-order valence-corrected chi connectivity index (χ0v) is 21.1. The maximum atomic E-state index is 13.1. The van der Waals surface area contributed by atoms with Crippen molar-refractivity contribution in [2.45, 2.75) is 76.4 Å². The summed E-state index contributed by atoms with van der Waals surface area (Å²) in [5.74, 6) is 3.36. The van der Waals surface area contributed by atoms with Crippen molar-refractivity contribution in [1.29, 1.82) is 0 Å². The molecule has 0 unspecified atom stereocenters. The summed E-state index contributed by atoms with van der Waals surface area (Å²) < 4.78 is 11.8. The summed E-state index contributed by atoms with van der Waals surface area (Å²) in [5, 5.41) is 0. The molecule has 7 heteroatoms. The van der Waals surface area contributed by atoms with Gasteiger partial charge in [0.15, 0.2) is 0 Å². The molecule has 3 heterocycles. The van der Waals surface area contributed by atoms with Crippen LogP contribution in [0.15, 0.2) is 24.4 Å². The molecule has 4 fully saturated rings. The summed E-state index contributed by atoms with van der Waals surface area (Å²) in [7, 11) is 1.72. The molecule has 7 nitrogen and oxygen atoms in total. The van der Waals surface area contributed by atoms with Gasteiger partial charge in [-0.1, -0.05) is 19.1 Å². The number of benzene rings is 1. The molecule has 0 bridgehead atoms. The number of aryl methyl sites for hydroxylation is 1. The van der Waals surface area contributed by atoms with E-state index in [0.29, 0.717) is 23.9 Å². The van der Waals surface area contributed by atoms with Crippen LogP contribution < -0.4 is 4.74 Å². The van der Waals surface area contributed by atoms with Crippen LogP contribution >= 0.6 is 0 Å². The molecule has 0 radical (unpaired) electrons. The Hall–Kier alpha value is -2.54. The number of hydrogen-bond acceptors (Lipinski definition) is 4. The van der Waals surface area contributed by atoms with Gasteiger partial charge in [0.2, 0.25) is 0 Å². The minimum Gasteiger partial charge on any atom is -0.496 e. The fourth-order valence-electron chi connectivity index (χ4n) is 6.24. The topological polar surface area (TPSA) is 70.7 Å². The van der Waals surface area contributed by atoms with E-state index < -0.39 is 0 Å². The first-order valence-electron chi connectivity index (χ1n) is 13.4. The van der Waals surface area contributed by atoms with E-state index in [2.05, 4.69) is 46.2 Å². The molecular weight excluding hydrogens is 440 g/mol. The number of aromatic amines is 1. The van der Waals surface area contributed by atoms with Gasteiger partial charge in [-0.15, -0.1) is 0 Å². The minimum absolute atomic E-state index is 0.194. The first-order chi connectivity index (χ1) is 17.1. The molecule has 1 aromatic carbocycles. The molecule has 2 aromatic rings. The summed E-state index contributed by atoms with van der Waals surface area (Å²) in [6.07, 6.45) is 9.95. The molecular formula is C28H38N4O3. The molecule has 0 atom stereocenters. The average molecular weight is 479 g/mol. The number of nitrogens with one attached hydrogen (secondary N) is 1. The number of carbonyl (C=O) groups excluding carboxylic acids is 1. The molecule has 6 rings (SSSR count). The molecule has 2 saturated carbocycles. The van der Waals surface area contributed by atoms with Crippen molar-refractivity contribution in [3.8, 4) is 5.75 Å². The Labute approximate surface area is 208 Å². The number of imidazole rings is 1. The van der Waals surface area contributed by atoms with Gasteiger partial charge in [0, 0.05) is 60.9 Å². The lowest BCUT2D eigenvalue weighted by Gasteiger charge is -2.59. The fraction of sp³-hybridized carbons (Fsp3) is 0.643. The predicted molar refractivity (Wildman–Crippen MR) is 134 cm³/mol. The minimum atomic E-state index is 0.194. The number of urea groups is 1. The van der Waals surface area contributed by atoms with Crippen molar-refractivity contribution in [3.05, 3.63) is 47.0 Å². The standard InChI is InChI=1S/C28H38N4O3/c1-3-19-4-5-21(25(12-19)34-2)16-35-23-8-10-31(11-9-23)27(33)32-17-28(18-32)13-22(14-28)24-15-29-26(30-24)20-6-7-20/h4-5,12,15,20,22-23H,3,6-11,13-14,16-18H2,1-2H3,(H,29,30). The van der Waals surface area contributed by atoms with Gasteiger partial charge in [-0.25, -0.2) is 9.78 Å². The quantitative estimate of drug-likeness (QED) is 0.618. The van der Waals surface area contributed by atoms with Gasteiger partial charge in [-0.05, 0) is 56.6 Å². The van der Waals surface area contributed by atoms with Crippen LogP contribution in [0.2, 0.25) is 0 Å². The number of amides is 2. The second kappa shape index (κ2) is 9.16. The summed E-state index contributed by atoms with van der Waals surface area (Å²) >= 11 is 0. The van der Waals surface area contributed by atoms with Crippen molar-refractivity contribution >= 4 is 6.03 Å². The maximum Gasteiger partial charge on any atom is 0.320 e. The summed E-state index contributed by atoms with van der Waals surface area (Å²) in [5.41, 5.74) is 4.01. The molecule has 2 saturated heterocycles. The van der Waals surface area contributed by atoms with Crippen molar-refractivity contribution in [2.24, 2.45) is 5.41 Å². The Morgan fingerprint density at radius 2 is 1.89 bits per heavy atom. The van der Waals surface area contributed by atoms with E-state index in [9.17, 15) is 4.79 Å². The van der Waals surface area contributed by atoms with Gasteiger partial charge in [0.1, 0.15) is 11.6 Å². The molecule has 1 N–H and O–H groups in total. The van der Waals surface area contributed by atoms with Crippen LogP contribution in [-0.2, 0) is 17.8 Å². The van der Waals surface area contributed by atoms with Crippen LogP contribution in [0.3, 0.4) is 0 Å². The van der Waals surface area contributed by atoms with Crippen LogP contribution in [-0.4, -0.2) is 65.2 Å². The van der Waals surface area contributed by atoms with Gasteiger partial charge in [0.05, 0.1) is 19.8 Å². The van der Waals surface area contributed by atoms with Crippen LogP contribution in [0.4, 0.5) is 4.79 Å². The normalized spacial score (nSPS) is 22.2. The van der Waals surface area contributed by atoms with E-state index in [1.807, 2.05) is 4.90 Å². The molecule has 1 aromatic heterocycles. The van der Waals surface area contributed by atoms with E-state index in [1.54, 1.807) is 7.11 Å². The zero-order chi connectivity index (χ0) is 24.0. The van der Waals surface area contributed by atoms with Crippen molar-refractivity contribution < 1.29 is 14.3 Å². The fourth-order valence-corrected chi connectivity index (χ4v) is 6.24. The van der Waals surface area contributed by atoms with Crippen LogP contribution in [0.25, 0.3) is 0 Å². The smallest absolute Gasteiger partial charge is 0.320 e. The van der Waals surface area contributed by atoms with Crippen LogP contribution in [0.5, 0.6) is 5.75 Å². The third-order valence-electron chi connectivity index (χ3n) is 8.65. The number of H-pyrrole nitrogens is 1. The number of methoxy groups -OCH3 is 1. The van der Waals surface area contributed by atoms with Gasteiger partial charge < -0.3 is 24.3 Å². The number of aromatic nitrogens is 2. The van der Waals surface area contributed by atoms with Gasteiger partial charge >= 0.3 is 6.03 Å². The number of ether oxygens (including phenoxy) is 2. The molecule has 4 aliphatic rings. The van der Waals surface area contributed by atoms with Crippen LogP contribution in [0.1, 0.15) is 79.9 Å². The summed E-state index contributed by atoms with van der Waals surface area (Å²) in [4.78, 5) is 25.3. The van der Waals surface area contributed by atoms with Gasteiger partial charge in [0.25, 0.3) is 0 Å². The highest BCUT2D eigenvalue weighted by molar-refractivity contribution is 5.75. The lowest BCUT2D eigenvalue weighted by molar-refractivity contribution is -0.0602. The average Bonchev–Trinajstić information content (AvgIpc) is 3.58. The number of rotatable bonds is 7. The summed E-state index contributed by atoms with van der Waals surface area (Å²) in [6, 6.07) is 6.57. The molecule has 35 heavy (non-hydrogen) atoms. The van der Waals surface area contributed by atoms with Gasteiger partial charge in [-0.3, -0.25) is 0 Å². The number of likely N-dealkylation sites (tertiary alicyclic amines) is 2. The molecule has 2 aliphatic heterocycles. The highest BCUT2D eigenvalue weighted by atomic mass is 16.5. The van der Waals surface area contributed by atoms with E-state index in [1.165, 1.54) is 42.8 Å². The third kappa shape index (κ3) is 4.55. The van der Waals surface area contributed by atoms with Crippen molar-refractivity contribution in [3.63, 3.8) is 0 Å². The SMILES string of the molecule is CCc1ccc(COC2CCN(C(=O)N3CC4(CC(c5cnc(C6CC6)[nH]5)C4)C3)CC2)c(OC)c1. The van der Waals surface area contributed by atoms with E-state index in [0.717, 1.165) is 56.8 Å². The molecule has 188 valence electrons. The first kappa shape index (κ1) is 22.9. The highest BCUT2D eigenvalue weighted by Crippen LogP contribution is 2.56. The lowest BCUT2D eigenvalue weighted by Crippen LogP contribution is -2.65. The Kier molecular flexibility index (Phi) is 5.99. The Balaban J connectivity index is 0.927. The molecule has 2 amide bonds. The second-order valence-corrected chi connectivity index (χ2v) is 11.2.